The summed E-state index contributed by atoms with van der Waals surface area (Å²) in [5.41, 5.74) is 0. The molecule has 7 heteroatoms. The number of ether oxygens (including phenoxy) is 1. The Hall–Kier alpha value is -1.21. The molecular formula is C18H22ClN3O2S. The van der Waals surface area contributed by atoms with Crippen LogP contribution in [0.1, 0.15) is 22.9 Å². The standard InChI is InChI=1S/C18H22ClN3O2S/c1-11-20-21-18(25-11)10-22-8-12-5-16(23)17(6-13(12)9-22)24-15-4-2-3-14(19)7-15/h2-4,7,12-13,16-17,23H,5-6,8-10H2,1H3/t12-,13+,16+,17+/m0/s1. The van der Waals surface area contributed by atoms with E-state index in [0.717, 1.165) is 48.2 Å². The van der Waals surface area contributed by atoms with E-state index in [4.69, 9.17) is 16.3 Å². The van der Waals surface area contributed by atoms with Crippen LogP contribution < -0.4 is 4.74 Å². The van der Waals surface area contributed by atoms with Crippen molar-refractivity contribution >= 4 is 22.9 Å². The monoisotopic (exact) mass is 379 g/mol. The summed E-state index contributed by atoms with van der Waals surface area (Å²) in [6.07, 6.45) is 1.08. The molecule has 2 heterocycles. The van der Waals surface area contributed by atoms with Crippen LogP contribution in [0.3, 0.4) is 0 Å². The number of aromatic nitrogens is 2. The summed E-state index contributed by atoms with van der Waals surface area (Å²) in [5, 5.41) is 21.6. The fourth-order valence-corrected chi connectivity index (χ4v) is 4.98. The van der Waals surface area contributed by atoms with Crippen LogP contribution in [0.5, 0.6) is 5.75 Å². The van der Waals surface area contributed by atoms with Gasteiger partial charge in [0.05, 0.1) is 12.6 Å². The van der Waals surface area contributed by atoms with Gasteiger partial charge >= 0.3 is 0 Å². The van der Waals surface area contributed by atoms with Crippen LogP contribution in [0.4, 0.5) is 0 Å². The van der Waals surface area contributed by atoms with Gasteiger partial charge in [-0.3, -0.25) is 4.90 Å². The largest absolute Gasteiger partial charge is 0.488 e. The molecular weight excluding hydrogens is 358 g/mol. The summed E-state index contributed by atoms with van der Waals surface area (Å²) in [6.45, 7) is 4.89. The van der Waals surface area contributed by atoms with E-state index in [1.54, 1.807) is 17.4 Å². The Kier molecular flexibility index (Phi) is 4.95. The molecule has 134 valence electrons. The van der Waals surface area contributed by atoms with Crippen LogP contribution in [0.15, 0.2) is 24.3 Å². The first-order chi connectivity index (χ1) is 12.1. The number of halogens is 1. The summed E-state index contributed by atoms with van der Waals surface area (Å²) >= 11 is 7.69. The Morgan fingerprint density at radius 1 is 1.28 bits per heavy atom. The van der Waals surface area contributed by atoms with Crippen molar-refractivity contribution in [3.63, 3.8) is 0 Å². The molecule has 0 amide bonds. The van der Waals surface area contributed by atoms with Crippen molar-refractivity contribution < 1.29 is 9.84 Å². The maximum Gasteiger partial charge on any atom is 0.131 e. The van der Waals surface area contributed by atoms with Gasteiger partial charge in [-0.2, -0.15) is 0 Å². The number of hydrogen-bond acceptors (Lipinski definition) is 6. The molecule has 1 aromatic heterocycles. The number of aliphatic hydroxyl groups is 1. The van der Waals surface area contributed by atoms with E-state index < -0.39 is 6.10 Å². The quantitative estimate of drug-likeness (QED) is 0.884. The van der Waals surface area contributed by atoms with Gasteiger partial charge in [0.15, 0.2) is 0 Å². The van der Waals surface area contributed by atoms with E-state index in [2.05, 4.69) is 15.1 Å². The number of rotatable bonds is 4. The second-order valence-corrected chi connectivity index (χ2v) is 8.78. The summed E-state index contributed by atoms with van der Waals surface area (Å²) < 4.78 is 6.04. The first-order valence-corrected chi connectivity index (χ1v) is 9.88. The molecule has 2 aliphatic rings. The molecule has 0 radical (unpaired) electrons. The van der Waals surface area contributed by atoms with Gasteiger partial charge in [0.1, 0.15) is 21.9 Å². The first kappa shape index (κ1) is 17.2. The molecule has 25 heavy (non-hydrogen) atoms. The number of aliphatic hydroxyl groups excluding tert-OH is 1. The zero-order valence-electron chi connectivity index (χ0n) is 14.1. The Morgan fingerprint density at radius 3 is 2.80 bits per heavy atom. The third-order valence-corrected chi connectivity index (χ3v) is 6.23. The zero-order valence-corrected chi connectivity index (χ0v) is 15.7. The molecule has 4 atom stereocenters. The minimum Gasteiger partial charge on any atom is -0.488 e. The molecule has 1 saturated carbocycles. The summed E-state index contributed by atoms with van der Waals surface area (Å²) in [6, 6.07) is 7.39. The highest BCUT2D eigenvalue weighted by Crippen LogP contribution is 2.38. The summed E-state index contributed by atoms with van der Waals surface area (Å²) in [4.78, 5) is 2.43. The van der Waals surface area contributed by atoms with Crippen molar-refractivity contribution in [2.45, 2.75) is 38.5 Å². The highest BCUT2D eigenvalue weighted by molar-refractivity contribution is 7.11. The normalized spacial score (nSPS) is 29.6. The van der Waals surface area contributed by atoms with Gasteiger partial charge in [-0.1, -0.05) is 17.7 Å². The fourth-order valence-electron chi connectivity index (χ4n) is 4.05. The van der Waals surface area contributed by atoms with E-state index in [9.17, 15) is 5.11 Å². The van der Waals surface area contributed by atoms with Gasteiger partial charge < -0.3 is 9.84 Å². The van der Waals surface area contributed by atoms with Crippen molar-refractivity contribution in [3.05, 3.63) is 39.3 Å². The smallest absolute Gasteiger partial charge is 0.131 e. The average Bonchev–Trinajstić information content (AvgIpc) is 3.13. The molecule has 2 aromatic rings. The van der Waals surface area contributed by atoms with Gasteiger partial charge in [0.2, 0.25) is 0 Å². The van der Waals surface area contributed by atoms with E-state index in [0.29, 0.717) is 16.9 Å². The molecule has 1 aromatic carbocycles. The molecule has 1 N–H and O–H groups in total. The average molecular weight is 380 g/mol. The van der Waals surface area contributed by atoms with Gasteiger partial charge in [-0.05, 0) is 49.8 Å². The minimum atomic E-state index is -0.427. The van der Waals surface area contributed by atoms with E-state index >= 15 is 0 Å². The van der Waals surface area contributed by atoms with Crippen molar-refractivity contribution in [1.29, 1.82) is 0 Å². The van der Waals surface area contributed by atoms with Crippen LogP contribution in [0, 0.1) is 18.8 Å². The maximum absolute atomic E-state index is 10.5. The molecule has 4 rings (SSSR count). The minimum absolute atomic E-state index is 0.163. The third kappa shape index (κ3) is 3.97. The third-order valence-electron chi connectivity index (χ3n) is 5.17. The van der Waals surface area contributed by atoms with Crippen molar-refractivity contribution in [2.24, 2.45) is 11.8 Å². The Balaban J connectivity index is 1.38. The van der Waals surface area contributed by atoms with Crippen LogP contribution in [0.2, 0.25) is 5.02 Å². The Morgan fingerprint density at radius 2 is 2.08 bits per heavy atom. The second kappa shape index (κ2) is 7.19. The zero-order chi connectivity index (χ0) is 17.4. The van der Waals surface area contributed by atoms with Crippen LogP contribution >= 0.6 is 22.9 Å². The maximum atomic E-state index is 10.5. The summed E-state index contributed by atoms with van der Waals surface area (Å²) in [7, 11) is 0. The van der Waals surface area contributed by atoms with Gasteiger partial charge in [0.25, 0.3) is 0 Å². The van der Waals surface area contributed by atoms with E-state index in [1.165, 1.54) is 0 Å². The molecule has 1 saturated heterocycles. The van der Waals surface area contributed by atoms with Crippen molar-refractivity contribution in [3.8, 4) is 5.75 Å². The molecule has 0 unspecified atom stereocenters. The van der Waals surface area contributed by atoms with Crippen LogP contribution in [-0.2, 0) is 6.54 Å². The number of likely N-dealkylation sites (tertiary alicyclic amines) is 1. The first-order valence-electron chi connectivity index (χ1n) is 8.68. The molecule has 0 bridgehead atoms. The second-order valence-electron chi connectivity index (χ2n) is 7.08. The lowest BCUT2D eigenvalue weighted by molar-refractivity contribution is -0.0231. The van der Waals surface area contributed by atoms with Gasteiger partial charge in [-0.25, -0.2) is 0 Å². The van der Waals surface area contributed by atoms with Crippen molar-refractivity contribution in [1.82, 2.24) is 15.1 Å². The molecule has 1 aliphatic heterocycles. The molecule has 1 aliphatic carbocycles. The number of aryl methyl sites for hydroxylation is 1. The van der Waals surface area contributed by atoms with Crippen molar-refractivity contribution in [2.75, 3.05) is 13.1 Å². The number of hydrogen-bond donors (Lipinski definition) is 1. The predicted molar refractivity (Wildman–Crippen MR) is 98.0 cm³/mol. The number of benzene rings is 1. The lowest BCUT2D eigenvalue weighted by atomic mass is 9.78. The van der Waals surface area contributed by atoms with Crippen LogP contribution in [-0.4, -0.2) is 45.5 Å². The van der Waals surface area contributed by atoms with Crippen LogP contribution in [0.25, 0.3) is 0 Å². The van der Waals surface area contributed by atoms with Gasteiger partial charge in [0, 0.05) is 18.1 Å². The molecule has 2 fully saturated rings. The molecule has 0 spiro atoms. The SMILES string of the molecule is Cc1nnc(CN2C[C@H]3C[C@@H](Oc4cccc(Cl)c4)[C@H](O)C[C@H]3C2)s1. The van der Waals surface area contributed by atoms with E-state index in [-0.39, 0.29) is 6.10 Å². The Bertz CT molecular complexity index is 741. The number of fused-ring (bicyclic) bond motifs is 1. The highest BCUT2D eigenvalue weighted by atomic mass is 35.5. The van der Waals surface area contributed by atoms with E-state index in [1.807, 2.05) is 25.1 Å². The van der Waals surface area contributed by atoms with Gasteiger partial charge in [-0.15, -0.1) is 21.5 Å². The predicted octanol–water partition coefficient (Wildman–Crippen LogP) is 3.15. The lowest BCUT2D eigenvalue weighted by Gasteiger charge is -2.35. The summed E-state index contributed by atoms with van der Waals surface area (Å²) in [5.74, 6) is 1.82. The molecule has 5 nitrogen and oxygen atoms in total. The fraction of sp³-hybridized carbons (Fsp3) is 0.556. The lowest BCUT2D eigenvalue weighted by Crippen LogP contribution is -2.42. The highest BCUT2D eigenvalue weighted by Gasteiger charge is 2.42. The topological polar surface area (TPSA) is 58.5 Å². The number of nitrogens with zero attached hydrogens (tertiary/aromatic N) is 3. The Labute approximate surface area is 156 Å².